The summed E-state index contributed by atoms with van der Waals surface area (Å²) in [6.45, 7) is -4.05. The Morgan fingerprint density at radius 1 is 1.32 bits per heavy atom. The van der Waals surface area contributed by atoms with E-state index in [2.05, 4.69) is 19.9 Å². The second-order valence-corrected chi connectivity index (χ2v) is 6.41. The van der Waals surface area contributed by atoms with Crippen LogP contribution in [0.25, 0.3) is 22.4 Å². The van der Waals surface area contributed by atoms with Gasteiger partial charge in [-0.1, -0.05) is 13.8 Å². The molecule has 0 fully saturated rings. The van der Waals surface area contributed by atoms with E-state index in [1.54, 1.807) is 29.8 Å². The summed E-state index contributed by atoms with van der Waals surface area (Å²) in [6, 6.07) is 4.82. The Morgan fingerprint density at radius 2 is 2.14 bits per heavy atom. The molecule has 9 heteroatoms. The molecule has 0 aliphatic heterocycles. The van der Waals surface area contributed by atoms with Gasteiger partial charge >= 0.3 is 6.18 Å². The van der Waals surface area contributed by atoms with Crippen molar-refractivity contribution in [3.8, 4) is 11.4 Å². The molecule has 0 radical (unpaired) electrons. The second kappa shape index (κ2) is 7.57. The maximum atomic E-state index is 12.7. The van der Waals surface area contributed by atoms with Crippen LogP contribution in [0, 0.1) is 5.41 Å². The number of alkyl halides is 3. The fourth-order valence-electron chi connectivity index (χ4n) is 2.68. The number of aromatic amines is 1. The van der Waals surface area contributed by atoms with Crippen molar-refractivity contribution in [2.45, 2.75) is 32.7 Å². The minimum absolute atomic E-state index is 0.0797. The first kappa shape index (κ1) is 14.1. The maximum Gasteiger partial charge on any atom is 0.405 e. The third-order valence-electron chi connectivity index (χ3n) is 4.17. The normalized spacial score (nSPS) is 17.6. The Bertz CT molecular complexity index is 1160. The predicted molar refractivity (Wildman–Crippen MR) is 98.3 cm³/mol. The molecule has 1 amide bonds. The van der Waals surface area contributed by atoms with Crippen LogP contribution in [0.3, 0.4) is 0 Å². The van der Waals surface area contributed by atoms with Gasteiger partial charge in [-0.15, -0.1) is 0 Å². The van der Waals surface area contributed by atoms with E-state index in [0.29, 0.717) is 16.6 Å². The van der Waals surface area contributed by atoms with Gasteiger partial charge in [0.15, 0.2) is 5.82 Å². The van der Waals surface area contributed by atoms with Gasteiger partial charge in [-0.25, -0.2) is 15.0 Å². The molecule has 0 unspecified atom stereocenters. The monoisotopic (exact) mass is 396 g/mol. The Kier molecular flexibility index (Phi) is 3.81. The van der Waals surface area contributed by atoms with Crippen LogP contribution in [0.15, 0.2) is 36.8 Å². The molecule has 0 saturated heterocycles. The first-order valence-electron chi connectivity index (χ1n) is 10.8. The molecular formula is C19H20F3N5O. The van der Waals surface area contributed by atoms with E-state index >= 15 is 0 Å². The molecule has 0 aliphatic carbocycles. The number of hydrogen-bond donors (Lipinski definition) is 2. The van der Waals surface area contributed by atoms with Crippen molar-refractivity contribution in [2.75, 3.05) is 6.54 Å². The number of aromatic nitrogens is 4. The molecule has 28 heavy (non-hydrogen) atoms. The van der Waals surface area contributed by atoms with Crippen LogP contribution >= 0.6 is 0 Å². The molecule has 6 nitrogen and oxygen atoms in total. The molecule has 2 N–H and O–H groups in total. The van der Waals surface area contributed by atoms with Crippen LogP contribution in [0.2, 0.25) is 0 Å². The van der Waals surface area contributed by atoms with Crippen molar-refractivity contribution < 1.29 is 24.8 Å². The molecule has 0 spiro atoms. The lowest BCUT2D eigenvalue weighted by molar-refractivity contribution is -0.144. The highest BCUT2D eigenvalue weighted by atomic mass is 19.4. The molecule has 0 aliphatic rings. The Labute approximate surface area is 166 Å². The van der Waals surface area contributed by atoms with Gasteiger partial charge in [0.05, 0.1) is 5.41 Å². The molecule has 1 atom stereocenters. The summed E-state index contributed by atoms with van der Waals surface area (Å²) in [6.07, 6.45) is -3.99. The summed E-state index contributed by atoms with van der Waals surface area (Å²) in [7, 11) is 0. The van der Waals surface area contributed by atoms with Crippen molar-refractivity contribution in [1.29, 1.82) is 0 Å². The molecule has 3 aromatic heterocycles. The lowest BCUT2D eigenvalue weighted by Gasteiger charge is -2.27. The molecule has 3 rings (SSSR count). The van der Waals surface area contributed by atoms with Crippen molar-refractivity contribution in [3.63, 3.8) is 0 Å². The number of hydrogen-bond acceptors (Lipinski definition) is 4. The number of nitrogens with one attached hydrogen (secondary N) is 2. The number of halogens is 3. The van der Waals surface area contributed by atoms with Crippen LogP contribution < -0.4 is 5.32 Å². The zero-order valence-electron chi connectivity index (χ0n) is 19.8. The average Bonchev–Trinajstić information content (AvgIpc) is 3.14. The van der Waals surface area contributed by atoms with E-state index in [1.807, 2.05) is 0 Å². The molecule has 148 valence electrons. The second-order valence-electron chi connectivity index (χ2n) is 6.41. The molecule has 3 aromatic rings. The van der Waals surface area contributed by atoms with Crippen molar-refractivity contribution >= 4 is 16.9 Å². The number of fused-ring (bicyclic) bond motifs is 1. The molecule has 0 saturated carbocycles. The Balaban J connectivity index is 2.01. The first-order valence-corrected chi connectivity index (χ1v) is 8.25. The summed E-state index contributed by atoms with van der Waals surface area (Å²) in [5.74, 6) is -1.20. The largest absolute Gasteiger partial charge is 0.405 e. The van der Waals surface area contributed by atoms with Gasteiger partial charge in [-0.2, -0.15) is 13.2 Å². The average molecular weight is 396 g/mol. The van der Waals surface area contributed by atoms with E-state index in [4.69, 9.17) is 6.85 Å². The van der Waals surface area contributed by atoms with E-state index < -0.39 is 43.7 Å². The highest BCUT2D eigenvalue weighted by molar-refractivity contribution is 5.91. The van der Waals surface area contributed by atoms with E-state index in [1.165, 1.54) is 12.3 Å². The van der Waals surface area contributed by atoms with Crippen LogP contribution in [0.5, 0.6) is 0 Å². The fourth-order valence-corrected chi connectivity index (χ4v) is 2.68. The fraction of sp³-hybridized carbons (Fsp3) is 0.368. The summed E-state index contributed by atoms with van der Waals surface area (Å²) in [5.41, 5.74) is -1.20. The lowest BCUT2D eigenvalue weighted by atomic mass is 9.81. The van der Waals surface area contributed by atoms with Crippen molar-refractivity contribution in [2.24, 2.45) is 5.41 Å². The summed E-state index contributed by atoms with van der Waals surface area (Å²) >= 11 is 0. The summed E-state index contributed by atoms with van der Waals surface area (Å²) in [4.78, 5) is 28.4. The van der Waals surface area contributed by atoms with Crippen molar-refractivity contribution in [3.05, 3.63) is 42.5 Å². The van der Waals surface area contributed by atoms with E-state index in [-0.39, 0.29) is 11.5 Å². The van der Waals surface area contributed by atoms with Gasteiger partial charge in [0.1, 0.15) is 12.2 Å². The minimum atomic E-state index is -4.76. The third-order valence-corrected chi connectivity index (χ3v) is 4.17. The number of amides is 1. The Hall–Kier alpha value is -2.97. The zero-order chi connectivity index (χ0) is 24.7. The van der Waals surface area contributed by atoms with E-state index in [0.717, 1.165) is 6.92 Å². The highest BCUT2D eigenvalue weighted by Crippen LogP contribution is 2.29. The summed E-state index contributed by atoms with van der Waals surface area (Å²) < 4.78 is 76.9. The molecule has 3 heterocycles. The number of H-pyrrole nitrogens is 1. The van der Waals surface area contributed by atoms with E-state index in [9.17, 15) is 18.0 Å². The smallest absolute Gasteiger partial charge is 0.347 e. The van der Waals surface area contributed by atoms with Crippen LogP contribution in [0.4, 0.5) is 13.2 Å². The number of carbonyl (C=O) groups is 1. The van der Waals surface area contributed by atoms with Gasteiger partial charge in [-0.05, 0) is 24.6 Å². The number of pyridine rings is 1. The predicted octanol–water partition coefficient (Wildman–Crippen LogP) is 3.66. The first-order chi connectivity index (χ1) is 15.2. The number of rotatable bonds is 6. The standard InChI is InChI=1S/C19H20F3N5O/c1-3-18(2,17(28)26-11-19(20,21)22)9-12-6-8-24-16(27-12)14-10-25-15-13(14)5-4-7-23-15/h4-8,10H,3,9,11H2,1-2H3,(H,23,25)(H,26,28)/t18-/m0/s1/i1D3,3D2. The number of nitrogens with zero attached hydrogens (tertiary/aromatic N) is 3. The maximum absolute atomic E-state index is 12.7. The quantitative estimate of drug-likeness (QED) is 0.666. The molecule has 0 bridgehead atoms. The van der Waals surface area contributed by atoms with Gasteiger partial charge in [0, 0.05) is 48.5 Å². The Morgan fingerprint density at radius 3 is 2.89 bits per heavy atom. The van der Waals surface area contributed by atoms with Gasteiger partial charge < -0.3 is 10.3 Å². The minimum Gasteiger partial charge on any atom is -0.347 e. The van der Waals surface area contributed by atoms with Gasteiger partial charge in [0.2, 0.25) is 5.91 Å². The summed E-state index contributed by atoms with van der Waals surface area (Å²) in [5, 5.41) is 2.31. The zero-order valence-corrected chi connectivity index (χ0v) is 14.8. The topological polar surface area (TPSA) is 83.6 Å². The third kappa shape index (κ3) is 4.29. The van der Waals surface area contributed by atoms with Crippen LogP contribution in [-0.4, -0.2) is 38.6 Å². The number of carbonyl (C=O) groups excluding carboxylic acids is 1. The highest BCUT2D eigenvalue weighted by Gasteiger charge is 2.35. The van der Waals surface area contributed by atoms with Crippen molar-refractivity contribution in [1.82, 2.24) is 25.3 Å². The lowest BCUT2D eigenvalue weighted by Crippen LogP contribution is -2.44. The molecular weight excluding hydrogens is 371 g/mol. The van der Waals surface area contributed by atoms with Crippen LogP contribution in [0.1, 0.15) is 32.7 Å². The van der Waals surface area contributed by atoms with Gasteiger partial charge in [0.25, 0.3) is 0 Å². The molecule has 0 aromatic carbocycles. The SMILES string of the molecule is [2H]C([2H])([2H])C([2H])([2H])[C@@](C)(Cc1ccnc(-c2c[nH]c3ncccc23)n1)C(=O)NCC(F)(F)F. The van der Waals surface area contributed by atoms with Crippen LogP contribution in [-0.2, 0) is 11.2 Å². The van der Waals surface area contributed by atoms with Gasteiger partial charge in [-0.3, -0.25) is 4.79 Å².